The number of aryl methyl sites for hydroxylation is 1. The van der Waals surface area contributed by atoms with Gasteiger partial charge in [0.1, 0.15) is 0 Å². The minimum absolute atomic E-state index is 0.736. The van der Waals surface area contributed by atoms with Gasteiger partial charge in [-0.2, -0.15) is 0 Å². The third-order valence-corrected chi connectivity index (χ3v) is 3.08. The van der Waals surface area contributed by atoms with Gasteiger partial charge in [-0.3, -0.25) is 0 Å². The molecular formula is C7H10BrNOS. The van der Waals surface area contributed by atoms with Crippen LogP contribution < -0.4 is 4.74 Å². The number of ether oxygens (including phenoxy) is 1. The van der Waals surface area contributed by atoms with Crippen LogP contribution in [0.5, 0.6) is 5.19 Å². The van der Waals surface area contributed by atoms with Crippen molar-refractivity contribution in [3.8, 4) is 5.19 Å². The molecule has 0 aliphatic rings. The van der Waals surface area contributed by atoms with E-state index in [9.17, 15) is 0 Å². The fraction of sp³-hybridized carbons (Fsp3) is 0.571. The molecule has 4 heteroatoms. The summed E-state index contributed by atoms with van der Waals surface area (Å²) in [6.07, 6.45) is 2.13. The summed E-state index contributed by atoms with van der Waals surface area (Å²) >= 11 is 4.97. The van der Waals surface area contributed by atoms with Gasteiger partial charge in [-0.1, -0.05) is 24.7 Å². The van der Waals surface area contributed by atoms with Gasteiger partial charge in [0.2, 0.25) is 0 Å². The first-order valence-electron chi connectivity index (χ1n) is 3.47. The average Bonchev–Trinajstić information content (AvgIpc) is 2.33. The summed E-state index contributed by atoms with van der Waals surface area (Å²) in [4.78, 5) is 4.27. The molecule has 1 rings (SSSR count). The van der Waals surface area contributed by atoms with Crippen LogP contribution in [-0.2, 0) is 6.42 Å². The molecule has 0 amide bonds. The molecule has 0 unspecified atom stereocenters. The van der Waals surface area contributed by atoms with E-state index in [0.717, 1.165) is 27.5 Å². The Morgan fingerprint density at radius 3 is 2.82 bits per heavy atom. The molecule has 0 fully saturated rings. The van der Waals surface area contributed by atoms with Crippen molar-refractivity contribution in [2.45, 2.75) is 19.8 Å². The molecule has 11 heavy (non-hydrogen) atoms. The van der Waals surface area contributed by atoms with Crippen molar-refractivity contribution in [1.29, 1.82) is 0 Å². The van der Waals surface area contributed by atoms with E-state index < -0.39 is 0 Å². The summed E-state index contributed by atoms with van der Waals surface area (Å²) in [7, 11) is 1.64. The Bertz CT molecular complexity index is 236. The minimum Gasteiger partial charge on any atom is -0.473 e. The van der Waals surface area contributed by atoms with Crippen LogP contribution in [-0.4, -0.2) is 12.1 Å². The van der Waals surface area contributed by atoms with Crippen LogP contribution in [0.1, 0.15) is 19.0 Å². The second kappa shape index (κ2) is 4.07. The molecule has 1 aromatic heterocycles. The maximum Gasteiger partial charge on any atom is 0.274 e. The van der Waals surface area contributed by atoms with E-state index in [2.05, 4.69) is 27.8 Å². The molecule has 0 N–H and O–H groups in total. The molecule has 0 atom stereocenters. The highest BCUT2D eigenvalue weighted by atomic mass is 79.9. The second-order valence-electron chi connectivity index (χ2n) is 2.15. The average molecular weight is 236 g/mol. The molecule has 0 aliphatic heterocycles. The number of hydrogen-bond donors (Lipinski definition) is 0. The third kappa shape index (κ3) is 2.17. The summed E-state index contributed by atoms with van der Waals surface area (Å²) in [5, 5.41) is 0.736. The van der Waals surface area contributed by atoms with Crippen LogP contribution in [0.25, 0.3) is 0 Å². The molecule has 0 bridgehead atoms. The molecule has 1 heterocycles. The van der Waals surface area contributed by atoms with Crippen LogP contribution in [0.4, 0.5) is 0 Å². The zero-order valence-electron chi connectivity index (χ0n) is 6.56. The lowest BCUT2D eigenvalue weighted by atomic mass is 10.3. The molecule has 0 saturated heterocycles. The van der Waals surface area contributed by atoms with Crippen LogP contribution in [0, 0.1) is 0 Å². The van der Waals surface area contributed by atoms with E-state index in [1.54, 1.807) is 7.11 Å². The summed E-state index contributed by atoms with van der Waals surface area (Å²) in [5.41, 5.74) is 1.11. The number of hydrogen-bond acceptors (Lipinski definition) is 3. The quantitative estimate of drug-likeness (QED) is 0.805. The number of aromatic nitrogens is 1. The number of nitrogens with zero attached hydrogens (tertiary/aromatic N) is 1. The van der Waals surface area contributed by atoms with Gasteiger partial charge in [-0.05, 0) is 22.4 Å². The van der Waals surface area contributed by atoms with Crippen molar-refractivity contribution in [2.75, 3.05) is 7.11 Å². The van der Waals surface area contributed by atoms with Gasteiger partial charge >= 0.3 is 0 Å². The highest BCUT2D eigenvalue weighted by Gasteiger charge is 2.06. The molecule has 0 spiro atoms. The van der Waals surface area contributed by atoms with Gasteiger partial charge in [0, 0.05) is 0 Å². The highest BCUT2D eigenvalue weighted by Crippen LogP contribution is 2.30. The van der Waals surface area contributed by atoms with Crippen LogP contribution in [0.3, 0.4) is 0 Å². The lowest BCUT2D eigenvalue weighted by Crippen LogP contribution is -1.85. The Balaban J connectivity index is 2.79. The smallest absolute Gasteiger partial charge is 0.274 e. The van der Waals surface area contributed by atoms with E-state index in [1.165, 1.54) is 11.3 Å². The predicted octanol–water partition coefficient (Wildman–Crippen LogP) is 2.87. The minimum atomic E-state index is 0.736. The standard InChI is InChI=1S/C7H10BrNOS/c1-3-4-5-6(8)11-7(9-5)10-2/h3-4H2,1-2H3. The van der Waals surface area contributed by atoms with E-state index in [0.29, 0.717) is 0 Å². The molecule has 0 saturated carbocycles. The first-order valence-corrected chi connectivity index (χ1v) is 5.08. The first-order chi connectivity index (χ1) is 5.27. The predicted molar refractivity (Wildman–Crippen MR) is 50.4 cm³/mol. The zero-order chi connectivity index (χ0) is 8.27. The highest BCUT2D eigenvalue weighted by molar-refractivity contribution is 9.11. The van der Waals surface area contributed by atoms with Crippen molar-refractivity contribution < 1.29 is 4.74 Å². The molecule has 0 aliphatic carbocycles. The maximum absolute atomic E-state index is 5.00. The Kier molecular flexibility index (Phi) is 3.33. The molecule has 0 aromatic carbocycles. The Morgan fingerprint density at radius 1 is 1.64 bits per heavy atom. The van der Waals surface area contributed by atoms with Crippen molar-refractivity contribution in [1.82, 2.24) is 4.98 Å². The van der Waals surface area contributed by atoms with E-state index in [-0.39, 0.29) is 0 Å². The molecule has 0 radical (unpaired) electrons. The van der Waals surface area contributed by atoms with Gasteiger partial charge in [0.15, 0.2) is 0 Å². The fourth-order valence-electron chi connectivity index (χ4n) is 0.791. The monoisotopic (exact) mass is 235 g/mol. The van der Waals surface area contributed by atoms with Crippen LogP contribution in [0.15, 0.2) is 3.79 Å². The largest absolute Gasteiger partial charge is 0.473 e. The van der Waals surface area contributed by atoms with Gasteiger partial charge < -0.3 is 4.74 Å². The van der Waals surface area contributed by atoms with E-state index in [4.69, 9.17) is 4.74 Å². The van der Waals surface area contributed by atoms with Gasteiger partial charge in [-0.25, -0.2) is 4.98 Å². The number of methoxy groups -OCH3 is 1. The Morgan fingerprint density at radius 2 is 2.36 bits per heavy atom. The van der Waals surface area contributed by atoms with Crippen molar-refractivity contribution in [3.05, 3.63) is 9.48 Å². The lowest BCUT2D eigenvalue weighted by Gasteiger charge is -1.90. The van der Waals surface area contributed by atoms with Crippen molar-refractivity contribution in [2.24, 2.45) is 0 Å². The van der Waals surface area contributed by atoms with Gasteiger partial charge in [0.05, 0.1) is 16.6 Å². The van der Waals surface area contributed by atoms with Crippen LogP contribution >= 0.6 is 27.3 Å². The number of rotatable bonds is 3. The summed E-state index contributed by atoms with van der Waals surface area (Å²) in [5.74, 6) is 0. The van der Waals surface area contributed by atoms with E-state index in [1.807, 2.05) is 0 Å². The SMILES string of the molecule is CCCc1nc(OC)sc1Br. The fourth-order valence-corrected chi connectivity index (χ4v) is 2.15. The van der Waals surface area contributed by atoms with Crippen molar-refractivity contribution >= 4 is 27.3 Å². The Hall–Kier alpha value is -0.0900. The number of halogens is 1. The Labute approximate surface area is 78.7 Å². The topological polar surface area (TPSA) is 22.1 Å². The molecule has 2 nitrogen and oxygen atoms in total. The third-order valence-electron chi connectivity index (χ3n) is 1.29. The van der Waals surface area contributed by atoms with Crippen LogP contribution in [0.2, 0.25) is 0 Å². The molecule has 1 aromatic rings. The second-order valence-corrected chi connectivity index (χ2v) is 4.43. The summed E-state index contributed by atoms with van der Waals surface area (Å²) in [6.45, 7) is 2.14. The first kappa shape index (κ1) is 9.00. The number of thiazole rings is 1. The molecule has 62 valence electrons. The van der Waals surface area contributed by atoms with E-state index >= 15 is 0 Å². The zero-order valence-corrected chi connectivity index (χ0v) is 8.96. The summed E-state index contributed by atoms with van der Waals surface area (Å²) < 4.78 is 6.09. The lowest BCUT2D eigenvalue weighted by molar-refractivity contribution is 0.410. The maximum atomic E-state index is 5.00. The van der Waals surface area contributed by atoms with Crippen molar-refractivity contribution in [3.63, 3.8) is 0 Å². The summed E-state index contributed by atoms with van der Waals surface area (Å²) in [6, 6.07) is 0. The van der Waals surface area contributed by atoms with Gasteiger partial charge in [-0.15, -0.1) is 0 Å². The molecular weight excluding hydrogens is 226 g/mol. The van der Waals surface area contributed by atoms with Gasteiger partial charge in [0.25, 0.3) is 5.19 Å². The normalized spacial score (nSPS) is 10.1.